The van der Waals surface area contributed by atoms with E-state index in [-0.39, 0.29) is 34.2 Å². The lowest BCUT2D eigenvalue weighted by molar-refractivity contribution is 0.0819. The van der Waals surface area contributed by atoms with Gasteiger partial charge >= 0.3 is 0 Å². The molecular weight excluding hydrogens is 424 g/mol. The van der Waals surface area contributed by atoms with Gasteiger partial charge in [0.2, 0.25) is 0 Å². The molecule has 10 nitrogen and oxygen atoms in total. The van der Waals surface area contributed by atoms with Crippen LogP contribution in [0.25, 0.3) is 0 Å². The number of aromatic nitrogens is 3. The highest BCUT2D eigenvalue weighted by Gasteiger charge is 2.40. The van der Waals surface area contributed by atoms with Gasteiger partial charge < -0.3 is 20.6 Å². The van der Waals surface area contributed by atoms with Gasteiger partial charge in [-0.2, -0.15) is 0 Å². The first-order valence-corrected chi connectivity index (χ1v) is 10.8. The lowest BCUT2D eigenvalue weighted by Gasteiger charge is -2.35. The molecule has 1 fully saturated rings. The van der Waals surface area contributed by atoms with E-state index in [1.165, 1.54) is 17.2 Å². The summed E-state index contributed by atoms with van der Waals surface area (Å²) in [7, 11) is 3.08. The van der Waals surface area contributed by atoms with Crippen LogP contribution in [-0.4, -0.2) is 45.0 Å². The fourth-order valence-corrected chi connectivity index (χ4v) is 4.39. The highest BCUT2D eigenvalue weighted by atomic mass is 16.3. The molecule has 0 bridgehead atoms. The first-order valence-electron chi connectivity index (χ1n) is 10.8. The van der Waals surface area contributed by atoms with Crippen molar-refractivity contribution in [3.8, 4) is 5.75 Å². The van der Waals surface area contributed by atoms with Crippen molar-refractivity contribution in [1.29, 1.82) is 0 Å². The van der Waals surface area contributed by atoms with E-state index < -0.39 is 22.5 Å². The minimum atomic E-state index is -0.705. The number of pyridine rings is 1. The topological polar surface area (TPSA) is 137 Å². The molecule has 0 radical (unpaired) electrons. The number of carbonyl (C=O) groups is 1. The predicted molar refractivity (Wildman–Crippen MR) is 124 cm³/mol. The van der Waals surface area contributed by atoms with Gasteiger partial charge in [0.05, 0.1) is 23.6 Å². The van der Waals surface area contributed by atoms with Crippen LogP contribution in [0.3, 0.4) is 0 Å². The standard InChI is InChI=1S/C23H26N6O4/c1-23(7-4-5-8-23)21(14-12-24-10-11-25-14)28-16-15(19(31)20(16)32)27-13-6-9-26-17(18(13)30)22(33)29(2)3/h6,9-12,21,28,30H,4-5,7-8H2,1-3H3,(H,26,27)/t21-/m0/s1. The lowest BCUT2D eigenvalue weighted by atomic mass is 9.78. The third kappa shape index (κ3) is 4.04. The van der Waals surface area contributed by atoms with Crippen molar-refractivity contribution in [2.75, 3.05) is 24.7 Å². The van der Waals surface area contributed by atoms with Gasteiger partial charge in [-0.3, -0.25) is 24.4 Å². The molecule has 1 amide bonds. The smallest absolute Gasteiger partial charge is 0.275 e. The van der Waals surface area contributed by atoms with Gasteiger partial charge in [-0.15, -0.1) is 0 Å². The molecule has 1 aliphatic carbocycles. The third-order valence-electron chi connectivity index (χ3n) is 6.31. The van der Waals surface area contributed by atoms with Crippen molar-refractivity contribution in [2.45, 2.75) is 38.6 Å². The number of amides is 1. The van der Waals surface area contributed by atoms with E-state index in [1.54, 1.807) is 32.7 Å². The molecule has 10 heteroatoms. The molecule has 0 saturated heterocycles. The van der Waals surface area contributed by atoms with Gasteiger partial charge in [-0.05, 0) is 24.3 Å². The van der Waals surface area contributed by atoms with Crippen molar-refractivity contribution >= 4 is 23.0 Å². The van der Waals surface area contributed by atoms with Crippen LogP contribution in [0.2, 0.25) is 0 Å². The Bertz CT molecular complexity index is 1240. The second kappa shape index (κ2) is 8.61. The van der Waals surface area contributed by atoms with E-state index in [0.29, 0.717) is 5.69 Å². The van der Waals surface area contributed by atoms with Gasteiger partial charge in [0.25, 0.3) is 16.8 Å². The quantitative estimate of drug-likeness (QED) is 0.463. The summed E-state index contributed by atoms with van der Waals surface area (Å²) in [4.78, 5) is 51.0. The van der Waals surface area contributed by atoms with Gasteiger partial charge in [0, 0.05) is 32.7 Å². The molecule has 2 heterocycles. The maximum atomic E-state index is 12.5. The zero-order valence-electron chi connectivity index (χ0n) is 18.8. The summed E-state index contributed by atoms with van der Waals surface area (Å²) >= 11 is 0. The number of nitrogens with one attached hydrogen (secondary N) is 2. The monoisotopic (exact) mass is 450 g/mol. The van der Waals surface area contributed by atoms with E-state index in [0.717, 1.165) is 25.7 Å². The van der Waals surface area contributed by atoms with Crippen LogP contribution in [0.5, 0.6) is 5.75 Å². The van der Waals surface area contributed by atoms with Crippen molar-refractivity contribution < 1.29 is 9.90 Å². The van der Waals surface area contributed by atoms with Crippen LogP contribution >= 0.6 is 0 Å². The molecule has 0 spiro atoms. The molecule has 2 aromatic heterocycles. The summed E-state index contributed by atoms with van der Waals surface area (Å²) < 4.78 is 0. The minimum Gasteiger partial charge on any atom is -0.504 e. The van der Waals surface area contributed by atoms with Crippen molar-refractivity contribution in [3.05, 3.63) is 62.7 Å². The second-order valence-corrected chi connectivity index (χ2v) is 8.86. The molecule has 0 aliphatic heterocycles. The number of anilines is 3. The first-order chi connectivity index (χ1) is 15.7. The summed E-state index contributed by atoms with van der Waals surface area (Å²) in [6, 6.07) is 1.11. The fourth-order valence-electron chi connectivity index (χ4n) is 4.39. The van der Waals surface area contributed by atoms with Crippen LogP contribution in [0.4, 0.5) is 17.1 Å². The summed E-state index contributed by atoms with van der Waals surface area (Å²) in [5.41, 5.74) is -0.735. The Labute approximate surface area is 190 Å². The van der Waals surface area contributed by atoms with Crippen LogP contribution in [0.15, 0.2) is 40.4 Å². The highest BCUT2D eigenvalue weighted by molar-refractivity contribution is 5.97. The molecule has 33 heavy (non-hydrogen) atoms. The minimum absolute atomic E-state index is 0.0280. The molecular formula is C23H26N6O4. The van der Waals surface area contributed by atoms with E-state index in [4.69, 9.17) is 0 Å². The Morgan fingerprint density at radius 1 is 1.09 bits per heavy atom. The summed E-state index contributed by atoms with van der Waals surface area (Å²) in [5, 5.41) is 16.6. The predicted octanol–water partition coefficient (Wildman–Crippen LogP) is 2.35. The molecule has 3 N–H and O–H groups in total. The van der Waals surface area contributed by atoms with Crippen molar-refractivity contribution in [2.24, 2.45) is 5.41 Å². The fraction of sp³-hybridized carbons (Fsp3) is 0.391. The zero-order valence-corrected chi connectivity index (χ0v) is 18.8. The molecule has 1 aromatic carbocycles. The maximum absolute atomic E-state index is 12.5. The molecule has 0 unspecified atom stereocenters. The summed E-state index contributed by atoms with van der Waals surface area (Å²) in [6.45, 7) is 2.14. The first kappa shape index (κ1) is 22.4. The second-order valence-electron chi connectivity index (χ2n) is 8.86. The number of hydrogen-bond donors (Lipinski definition) is 3. The average molecular weight is 450 g/mol. The highest BCUT2D eigenvalue weighted by Crippen LogP contribution is 2.48. The van der Waals surface area contributed by atoms with Crippen LogP contribution in [0, 0.1) is 5.41 Å². The van der Waals surface area contributed by atoms with Crippen molar-refractivity contribution in [1.82, 2.24) is 19.9 Å². The lowest BCUT2D eigenvalue weighted by Crippen LogP contribution is -2.40. The molecule has 172 valence electrons. The zero-order chi connectivity index (χ0) is 23.8. The van der Waals surface area contributed by atoms with E-state index >= 15 is 0 Å². The van der Waals surface area contributed by atoms with Crippen LogP contribution in [-0.2, 0) is 0 Å². The third-order valence-corrected chi connectivity index (χ3v) is 6.31. The van der Waals surface area contributed by atoms with E-state index in [9.17, 15) is 19.5 Å². The number of carbonyl (C=O) groups excluding carboxylic acids is 1. The Kier molecular flexibility index (Phi) is 5.84. The largest absolute Gasteiger partial charge is 0.504 e. The Balaban J connectivity index is 1.68. The van der Waals surface area contributed by atoms with Gasteiger partial charge in [-0.25, -0.2) is 4.98 Å². The normalized spacial score (nSPS) is 15.8. The maximum Gasteiger partial charge on any atom is 0.275 e. The summed E-state index contributed by atoms with van der Waals surface area (Å²) in [5.74, 6) is -0.889. The van der Waals surface area contributed by atoms with Gasteiger partial charge in [-0.1, -0.05) is 19.8 Å². The van der Waals surface area contributed by atoms with E-state index in [2.05, 4.69) is 32.5 Å². The summed E-state index contributed by atoms with van der Waals surface area (Å²) in [6.07, 6.45) is 10.2. The van der Waals surface area contributed by atoms with E-state index in [1.807, 2.05) is 0 Å². The van der Waals surface area contributed by atoms with Crippen LogP contribution in [0.1, 0.15) is 54.8 Å². The number of nitrogens with zero attached hydrogens (tertiary/aromatic N) is 4. The Morgan fingerprint density at radius 3 is 2.42 bits per heavy atom. The molecule has 1 saturated carbocycles. The number of hydrogen-bond acceptors (Lipinski definition) is 9. The van der Waals surface area contributed by atoms with Crippen LogP contribution < -0.4 is 21.5 Å². The molecule has 4 rings (SSSR count). The number of aromatic hydroxyl groups is 1. The van der Waals surface area contributed by atoms with Crippen molar-refractivity contribution in [3.63, 3.8) is 0 Å². The molecule has 1 atom stereocenters. The van der Waals surface area contributed by atoms with Gasteiger partial charge in [0.1, 0.15) is 11.4 Å². The number of rotatable bonds is 7. The van der Waals surface area contributed by atoms with Gasteiger partial charge in [0.15, 0.2) is 11.4 Å². The SMILES string of the molecule is CN(C)C(=O)c1nccc(Nc2c(N[C@@H](c3cnccn3)C3(C)CCCC3)c(=O)c2=O)c1O. The Morgan fingerprint density at radius 2 is 1.79 bits per heavy atom. The molecule has 3 aromatic rings. The Hall–Kier alpha value is -3.82. The average Bonchev–Trinajstić information content (AvgIpc) is 3.26. The molecule has 1 aliphatic rings.